The highest BCUT2D eigenvalue weighted by Crippen LogP contribution is 2.04. The Bertz CT molecular complexity index is 298. The molecule has 0 heterocycles. The number of aliphatic hydroxyl groups is 1. The average molecular weight is 252 g/mol. The molecule has 1 aromatic carbocycles. The van der Waals surface area contributed by atoms with Crippen LogP contribution in [0.4, 0.5) is 0 Å². The first-order valence-electron chi connectivity index (χ1n) is 6.60. The summed E-state index contributed by atoms with van der Waals surface area (Å²) in [6.07, 6.45) is 1.47. The third-order valence-corrected chi connectivity index (χ3v) is 2.72. The highest BCUT2D eigenvalue weighted by atomic mass is 16.5. The largest absolute Gasteiger partial charge is 0.393 e. The Morgan fingerprint density at radius 1 is 1.06 bits per heavy atom. The third kappa shape index (κ3) is 7.43. The van der Waals surface area contributed by atoms with Gasteiger partial charge in [0.05, 0.1) is 18.8 Å². The summed E-state index contributed by atoms with van der Waals surface area (Å²) in [5.74, 6) is 0. The van der Waals surface area contributed by atoms with Gasteiger partial charge >= 0.3 is 0 Å². The fourth-order valence-corrected chi connectivity index (χ4v) is 1.54. The summed E-state index contributed by atoms with van der Waals surface area (Å²) in [7, 11) is 0. The van der Waals surface area contributed by atoms with Crippen molar-refractivity contribution in [3.05, 3.63) is 35.9 Å². The molecule has 0 bridgehead atoms. The minimum absolute atomic E-state index is 0.180. The second-order valence-electron chi connectivity index (χ2n) is 4.65. The van der Waals surface area contributed by atoms with Gasteiger partial charge in [-0.3, -0.25) is 0 Å². The Morgan fingerprint density at radius 2 is 1.78 bits per heavy atom. The smallest absolute Gasteiger partial charge is 0.0716 e. The minimum atomic E-state index is -0.286. The zero-order valence-electron chi connectivity index (χ0n) is 11.3. The van der Waals surface area contributed by atoms with E-state index in [-0.39, 0.29) is 12.2 Å². The van der Waals surface area contributed by atoms with Crippen molar-refractivity contribution in [1.29, 1.82) is 0 Å². The molecule has 0 spiro atoms. The van der Waals surface area contributed by atoms with Crippen LogP contribution in [-0.2, 0) is 16.1 Å². The Hall–Kier alpha value is -0.900. The van der Waals surface area contributed by atoms with Gasteiger partial charge in [-0.05, 0) is 32.3 Å². The summed E-state index contributed by atoms with van der Waals surface area (Å²) in [4.78, 5) is 0. The molecular formula is C15H24O3. The van der Waals surface area contributed by atoms with Gasteiger partial charge in [-0.25, -0.2) is 0 Å². The van der Waals surface area contributed by atoms with Gasteiger partial charge in [-0.2, -0.15) is 0 Å². The van der Waals surface area contributed by atoms with Crippen LogP contribution in [0.25, 0.3) is 0 Å². The Labute approximate surface area is 110 Å². The molecule has 0 saturated carbocycles. The van der Waals surface area contributed by atoms with E-state index < -0.39 is 0 Å². The van der Waals surface area contributed by atoms with Crippen molar-refractivity contribution in [3.8, 4) is 0 Å². The molecule has 18 heavy (non-hydrogen) atoms. The number of ether oxygens (including phenoxy) is 2. The maximum atomic E-state index is 9.10. The molecule has 0 radical (unpaired) electrons. The van der Waals surface area contributed by atoms with Gasteiger partial charge in [0.25, 0.3) is 0 Å². The fraction of sp³-hybridized carbons (Fsp3) is 0.600. The maximum absolute atomic E-state index is 9.10. The van der Waals surface area contributed by atoms with Crippen LogP contribution in [0.3, 0.4) is 0 Å². The van der Waals surface area contributed by atoms with E-state index in [1.807, 2.05) is 25.1 Å². The molecule has 1 aromatic rings. The van der Waals surface area contributed by atoms with Gasteiger partial charge in [0.1, 0.15) is 0 Å². The van der Waals surface area contributed by atoms with Crippen molar-refractivity contribution in [2.24, 2.45) is 0 Å². The van der Waals surface area contributed by atoms with Gasteiger partial charge in [0, 0.05) is 13.2 Å². The summed E-state index contributed by atoms with van der Waals surface area (Å²) in [5.41, 5.74) is 1.19. The Kier molecular flexibility index (Phi) is 7.65. The molecule has 102 valence electrons. The molecule has 3 nitrogen and oxygen atoms in total. The second kappa shape index (κ2) is 9.09. The number of aliphatic hydroxyl groups excluding tert-OH is 1. The maximum Gasteiger partial charge on any atom is 0.0716 e. The summed E-state index contributed by atoms with van der Waals surface area (Å²) in [6, 6.07) is 10.1. The van der Waals surface area contributed by atoms with E-state index in [0.29, 0.717) is 26.2 Å². The summed E-state index contributed by atoms with van der Waals surface area (Å²) < 4.78 is 11.2. The van der Waals surface area contributed by atoms with Crippen molar-refractivity contribution in [1.82, 2.24) is 0 Å². The van der Waals surface area contributed by atoms with Gasteiger partial charge in [-0.15, -0.1) is 0 Å². The van der Waals surface area contributed by atoms with E-state index >= 15 is 0 Å². The van der Waals surface area contributed by atoms with Crippen molar-refractivity contribution >= 4 is 0 Å². The summed E-state index contributed by atoms with van der Waals surface area (Å²) in [5, 5.41) is 9.10. The zero-order chi connectivity index (χ0) is 13.2. The normalized spacial score (nSPS) is 14.4. The van der Waals surface area contributed by atoms with Gasteiger partial charge < -0.3 is 14.6 Å². The fourth-order valence-electron chi connectivity index (χ4n) is 1.54. The quantitative estimate of drug-likeness (QED) is 0.687. The lowest BCUT2D eigenvalue weighted by Crippen LogP contribution is -2.15. The second-order valence-corrected chi connectivity index (χ2v) is 4.65. The first-order valence-corrected chi connectivity index (χ1v) is 6.60. The summed E-state index contributed by atoms with van der Waals surface area (Å²) >= 11 is 0. The Balaban J connectivity index is 2.00. The molecule has 2 unspecified atom stereocenters. The van der Waals surface area contributed by atoms with Crippen molar-refractivity contribution in [3.63, 3.8) is 0 Å². The van der Waals surface area contributed by atoms with E-state index in [2.05, 4.69) is 12.1 Å². The van der Waals surface area contributed by atoms with Crippen molar-refractivity contribution in [2.75, 3.05) is 13.2 Å². The van der Waals surface area contributed by atoms with Crippen LogP contribution in [0, 0.1) is 0 Å². The Morgan fingerprint density at radius 3 is 2.44 bits per heavy atom. The molecule has 2 atom stereocenters. The summed E-state index contributed by atoms with van der Waals surface area (Å²) in [6.45, 7) is 5.77. The first kappa shape index (κ1) is 15.2. The van der Waals surface area contributed by atoms with Crippen LogP contribution in [0.5, 0.6) is 0 Å². The van der Waals surface area contributed by atoms with Gasteiger partial charge in [-0.1, -0.05) is 30.3 Å². The highest BCUT2D eigenvalue weighted by molar-refractivity contribution is 5.13. The molecule has 0 saturated heterocycles. The van der Waals surface area contributed by atoms with Crippen LogP contribution in [-0.4, -0.2) is 30.5 Å². The molecular weight excluding hydrogens is 228 g/mol. The van der Waals surface area contributed by atoms with E-state index in [1.165, 1.54) is 5.56 Å². The SMILES string of the molecule is CC(O)CCOC(C)CCOCc1ccccc1. The average Bonchev–Trinajstić information content (AvgIpc) is 2.35. The van der Waals surface area contributed by atoms with E-state index in [1.54, 1.807) is 6.92 Å². The predicted molar refractivity (Wildman–Crippen MR) is 72.4 cm³/mol. The van der Waals surface area contributed by atoms with Crippen molar-refractivity contribution in [2.45, 2.75) is 45.5 Å². The lowest BCUT2D eigenvalue weighted by molar-refractivity contribution is 0.0147. The lowest BCUT2D eigenvalue weighted by Gasteiger charge is -2.14. The van der Waals surface area contributed by atoms with E-state index in [0.717, 1.165) is 6.42 Å². The highest BCUT2D eigenvalue weighted by Gasteiger charge is 2.03. The number of rotatable bonds is 9. The zero-order valence-corrected chi connectivity index (χ0v) is 11.3. The molecule has 0 aromatic heterocycles. The van der Waals surface area contributed by atoms with Crippen molar-refractivity contribution < 1.29 is 14.6 Å². The molecule has 3 heteroatoms. The molecule has 0 aliphatic carbocycles. The number of hydrogen-bond acceptors (Lipinski definition) is 3. The topological polar surface area (TPSA) is 38.7 Å². The number of benzene rings is 1. The van der Waals surface area contributed by atoms with Gasteiger partial charge in [0.15, 0.2) is 0 Å². The van der Waals surface area contributed by atoms with E-state index in [9.17, 15) is 0 Å². The van der Waals surface area contributed by atoms with Crippen LogP contribution in [0.1, 0.15) is 32.3 Å². The molecule has 1 N–H and O–H groups in total. The number of hydrogen-bond donors (Lipinski definition) is 1. The van der Waals surface area contributed by atoms with Crippen LogP contribution in [0.2, 0.25) is 0 Å². The first-order chi connectivity index (χ1) is 8.68. The van der Waals surface area contributed by atoms with Crippen LogP contribution in [0.15, 0.2) is 30.3 Å². The molecule has 0 aliphatic rings. The monoisotopic (exact) mass is 252 g/mol. The molecule has 0 fully saturated rings. The van der Waals surface area contributed by atoms with E-state index in [4.69, 9.17) is 14.6 Å². The van der Waals surface area contributed by atoms with Crippen LogP contribution < -0.4 is 0 Å². The minimum Gasteiger partial charge on any atom is -0.393 e. The standard InChI is InChI=1S/C15H24O3/c1-13(16)8-11-18-14(2)9-10-17-12-15-6-4-3-5-7-15/h3-7,13-14,16H,8-12H2,1-2H3. The molecule has 0 aliphatic heterocycles. The third-order valence-electron chi connectivity index (χ3n) is 2.72. The molecule has 1 rings (SSSR count). The van der Waals surface area contributed by atoms with Gasteiger partial charge in [0.2, 0.25) is 0 Å². The predicted octanol–water partition coefficient (Wildman–Crippen LogP) is 2.77. The molecule has 0 amide bonds. The lowest BCUT2D eigenvalue weighted by atomic mass is 10.2. The van der Waals surface area contributed by atoms with Crippen LogP contribution >= 0.6 is 0 Å².